The summed E-state index contributed by atoms with van der Waals surface area (Å²) in [4.78, 5) is 11.3. The van der Waals surface area contributed by atoms with E-state index in [9.17, 15) is 4.79 Å². The van der Waals surface area contributed by atoms with Gasteiger partial charge in [-0.15, -0.1) is 0 Å². The van der Waals surface area contributed by atoms with Gasteiger partial charge in [-0.3, -0.25) is 4.79 Å². The molecule has 0 fully saturated rings. The molecule has 0 aromatic heterocycles. The van der Waals surface area contributed by atoms with E-state index in [2.05, 4.69) is 6.92 Å². The van der Waals surface area contributed by atoms with Crippen molar-refractivity contribution in [3.8, 4) is 0 Å². The van der Waals surface area contributed by atoms with Gasteiger partial charge in [-0.2, -0.15) is 0 Å². The van der Waals surface area contributed by atoms with Gasteiger partial charge in [0.05, 0.1) is 5.60 Å². The minimum Gasteiger partial charge on any atom is -0.378 e. The second kappa shape index (κ2) is 5.31. The summed E-state index contributed by atoms with van der Waals surface area (Å²) in [7, 11) is 1.65. The monoisotopic (exact) mass is 172 g/mol. The van der Waals surface area contributed by atoms with Gasteiger partial charge in [0.1, 0.15) is 5.78 Å². The Hall–Kier alpha value is -0.370. The molecule has 0 rings (SSSR count). The molecule has 2 nitrogen and oxygen atoms in total. The highest BCUT2D eigenvalue weighted by molar-refractivity contribution is 5.79. The maximum Gasteiger partial charge on any atom is 0.135 e. The van der Waals surface area contributed by atoms with Crippen LogP contribution in [0.3, 0.4) is 0 Å². The van der Waals surface area contributed by atoms with Crippen LogP contribution in [-0.4, -0.2) is 18.5 Å². The first-order chi connectivity index (χ1) is 5.52. The van der Waals surface area contributed by atoms with Crippen molar-refractivity contribution in [1.29, 1.82) is 0 Å². The summed E-state index contributed by atoms with van der Waals surface area (Å²) in [6.45, 7) is 5.97. The van der Waals surface area contributed by atoms with Crippen molar-refractivity contribution in [2.45, 2.75) is 52.1 Å². The van der Waals surface area contributed by atoms with Crippen LogP contribution in [0.25, 0.3) is 0 Å². The van der Waals surface area contributed by atoms with E-state index in [1.54, 1.807) is 7.11 Å². The predicted molar refractivity (Wildman–Crippen MR) is 50.2 cm³/mol. The number of carbonyl (C=O) groups excluding carboxylic acids is 1. The molecule has 0 amide bonds. The summed E-state index contributed by atoms with van der Waals surface area (Å²) < 4.78 is 5.17. The van der Waals surface area contributed by atoms with E-state index in [-0.39, 0.29) is 5.60 Å². The van der Waals surface area contributed by atoms with Crippen LogP contribution < -0.4 is 0 Å². The summed E-state index contributed by atoms with van der Waals surface area (Å²) in [5.41, 5.74) is -0.287. The predicted octanol–water partition coefficient (Wildman–Crippen LogP) is 2.56. The molecule has 0 bridgehead atoms. The van der Waals surface area contributed by atoms with Gasteiger partial charge in [0.15, 0.2) is 0 Å². The zero-order chi connectivity index (χ0) is 9.61. The van der Waals surface area contributed by atoms with Crippen molar-refractivity contribution in [2.24, 2.45) is 0 Å². The molecule has 12 heavy (non-hydrogen) atoms. The normalized spacial score (nSPS) is 11.7. The number of rotatable bonds is 6. The van der Waals surface area contributed by atoms with E-state index in [1.165, 1.54) is 0 Å². The third-order valence-electron chi connectivity index (χ3n) is 1.98. The summed E-state index contributed by atoms with van der Waals surface area (Å²) in [5, 5.41) is 0. The van der Waals surface area contributed by atoms with Gasteiger partial charge in [-0.25, -0.2) is 0 Å². The van der Waals surface area contributed by atoms with E-state index in [4.69, 9.17) is 4.74 Å². The SMILES string of the molecule is CCCCC(=O)CC(C)(C)OC. The number of hydrogen-bond donors (Lipinski definition) is 0. The van der Waals surface area contributed by atoms with E-state index < -0.39 is 0 Å². The van der Waals surface area contributed by atoms with Crippen LogP contribution in [0.1, 0.15) is 46.5 Å². The van der Waals surface area contributed by atoms with E-state index in [0.29, 0.717) is 18.6 Å². The van der Waals surface area contributed by atoms with Crippen molar-refractivity contribution in [1.82, 2.24) is 0 Å². The lowest BCUT2D eigenvalue weighted by Gasteiger charge is -2.21. The van der Waals surface area contributed by atoms with E-state index >= 15 is 0 Å². The number of ketones is 1. The lowest BCUT2D eigenvalue weighted by Crippen LogP contribution is -2.26. The molecular formula is C10H20O2. The number of ether oxygens (including phenoxy) is 1. The number of hydrogen-bond acceptors (Lipinski definition) is 2. The highest BCUT2D eigenvalue weighted by Crippen LogP contribution is 2.15. The van der Waals surface area contributed by atoms with E-state index in [0.717, 1.165) is 12.8 Å². The third kappa shape index (κ3) is 5.30. The van der Waals surface area contributed by atoms with Crippen LogP contribution in [0.5, 0.6) is 0 Å². The molecule has 72 valence electrons. The summed E-state index contributed by atoms with van der Waals surface area (Å²) in [6.07, 6.45) is 3.31. The Balaban J connectivity index is 3.68. The van der Waals surface area contributed by atoms with Gasteiger partial charge in [-0.1, -0.05) is 13.3 Å². The van der Waals surface area contributed by atoms with Gasteiger partial charge in [0, 0.05) is 20.0 Å². The van der Waals surface area contributed by atoms with Crippen molar-refractivity contribution >= 4 is 5.78 Å². The van der Waals surface area contributed by atoms with E-state index in [1.807, 2.05) is 13.8 Å². The minimum absolute atomic E-state index is 0.287. The smallest absolute Gasteiger partial charge is 0.135 e. The van der Waals surface area contributed by atoms with Gasteiger partial charge in [-0.05, 0) is 20.3 Å². The molecule has 0 saturated carbocycles. The van der Waals surface area contributed by atoms with Crippen molar-refractivity contribution < 1.29 is 9.53 Å². The topological polar surface area (TPSA) is 26.3 Å². The average molecular weight is 172 g/mol. The Morgan fingerprint density at radius 2 is 2.00 bits per heavy atom. The van der Waals surface area contributed by atoms with Gasteiger partial charge in [0.25, 0.3) is 0 Å². The molecule has 0 unspecified atom stereocenters. The number of unbranched alkanes of at least 4 members (excludes halogenated alkanes) is 1. The fraction of sp³-hybridized carbons (Fsp3) is 0.900. The van der Waals surface area contributed by atoms with Crippen LogP contribution in [0.4, 0.5) is 0 Å². The Kier molecular flexibility index (Phi) is 5.14. The molecule has 0 spiro atoms. The molecule has 0 atom stereocenters. The Morgan fingerprint density at radius 1 is 1.42 bits per heavy atom. The summed E-state index contributed by atoms with van der Waals surface area (Å²) in [6, 6.07) is 0. The highest BCUT2D eigenvalue weighted by Gasteiger charge is 2.20. The van der Waals surface area contributed by atoms with Crippen molar-refractivity contribution in [3.05, 3.63) is 0 Å². The maximum atomic E-state index is 11.3. The Morgan fingerprint density at radius 3 is 2.42 bits per heavy atom. The largest absolute Gasteiger partial charge is 0.378 e. The molecule has 2 heteroatoms. The second-order valence-electron chi connectivity index (χ2n) is 3.78. The molecule has 0 radical (unpaired) electrons. The number of methoxy groups -OCH3 is 1. The Labute approximate surface area is 75.3 Å². The number of Topliss-reactive ketones (excluding diaryl/α,β-unsaturated/α-hetero) is 1. The first-order valence-electron chi connectivity index (χ1n) is 4.58. The van der Waals surface area contributed by atoms with Gasteiger partial charge >= 0.3 is 0 Å². The minimum atomic E-state index is -0.287. The Bertz CT molecular complexity index is 139. The molecule has 0 N–H and O–H groups in total. The molecule has 0 aliphatic heterocycles. The van der Waals surface area contributed by atoms with Crippen LogP contribution in [-0.2, 0) is 9.53 Å². The standard InChI is InChI=1S/C10H20O2/c1-5-6-7-9(11)8-10(2,3)12-4/h5-8H2,1-4H3. The fourth-order valence-electron chi connectivity index (χ4n) is 1.01. The number of carbonyl (C=O) groups is 1. The molecule has 0 saturated heterocycles. The summed E-state index contributed by atoms with van der Waals surface area (Å²) >= 11 is 0. The average Bonchev–Trinajstić information content (AvgIpc) is 2.00. The van der Waals surface area contributed by atoms with Crippen LogP contribution in [0.2, 0.25) is 0 Å². The summed E-state index contributed by atoms with van der Waals surface area (Å²) in [5.74, 6) is 0.309. The maximum absolute atomic E-state index is 11.3. The molecule has 0 aliphatic carbocycles. The molecule has 0 aromatic carbocycles. The van der Waals surface area contributed by atoms with Gasteiger partial charge < -0.3 is 4.74 Å². The van der Waals surface area contributed by atoms with Crippen LogP contribution in [0, 0.1) is 0 Å². The van der Waals surface area contributed by atoms with Crippen molar-refractivity contribution in [2.75, 3.05) is 7.11 Å². The molecule has 0 aliphatic rings. The third-order valence-corrected chi connectivity index (χ3v) is 1.98. The second-order valence-corrected chi connectivity index (χ2v) is 3.78. The molecular weight excluding hydrogens is 152 g/mol. The lowest BCUT2D eigenvalue weighted by molar-refractivity contribution is -0.124. The quantitative estimate of drug-likeness (QED) is 0.615. The zero-order valence-electron chi connectivity index (χ0n) is 8.64. The molecule has 0 heterocycles. The van der Waals surface area contributed by atoms with Crippen LogP contribution >= 0.6 is 0 Å². The highest BCUT2D eigenvalue weighted by atomic mass is 16.5. The molecule has 0 aromatic rings. The fourth-order valence-corrected chi connectivity index (χ4v) is 1.01. The first kappa shape index (κ1) is 11.6. The van der Waals surface area contributed by atoms with Crippen molar-refractivity contribution in [3.63, 3.8) is 0 Å². The first-order valence-corrected chi connectivity index (χ1v) is 4.58. The van der Waals surface area contributed by atoms with Crippen LogP contribution in [0.15, 0.2) is 0 Å². The zero-order valence-corrected chi connectivity index (χ0v) is 8.64. The van der Waals surface area contributed by atoms with Gasteiger partial charge in [0.2, 0.25) is 0 Å². The lowest BCUT2D eigenvalue weighted by atomic mass is 9.99.